The SMILES string of the molecule is CC(C)C[C@@H]1NC(=O)CCCN(C(=O)c2ccc(O)cn2)CCCNC(=O)c2csc(n2)[C@H](Cc2ccccc2)NC(=O)c2csc1n2. The number of hydrogen-bond acceptors (Lipinski definition) is 10. The van der Waals surface area contributed by atoms with Gasteiger partial charge in [-0.1, -0.05) is 44.2 Å². The molecule has 1 aliphatic heterocycles. The smallest absolute Gasteiger partial charge is 0.272 e. The number of fused-ring (bicyclic) bond motifs is 4. The van der Waals surface area contributed by atoms with Crippen LogP contribution in [0.3, 0.4) is 0 Å². The topological polar surface area (TPSA) is 167 Å². The molecule has 0 spiro atoms. The highest BCUT2D eigenvalue weighted by Crippen LogP contribution is 2.27. The summed E-state index contributed by atoms with van der Waals surface area (Å²) in [5.74, 6) is -1.04. The monoisotopic (exact) mass is 689 g/mol. The highest BCUT2D eigenvalue weighted by Gasteiger charge is 2.26. The zero-order valence-corrected chi connectivity index (χ0v) is 28.5. The van der Waals surface area contributed by atoms with Gasteiger partial charge in [0.05, 0.1) is 18.3 Å². The standard InChI is InChI=1S/C34H39N7O5S2/c1-21(2)16-25-32-40-28(20-48-32)31(45)38-26(17-22-8-4-3-5-9-22)33-39-27(19-47-33)30(44)35-13-7-15-41(14-6-10-29(43)37-25)34(46)24-12-11-23(42)18-36-24/h3-5,8-9,11-12,18-21,25-26,42H,6-7,10,13-17H2,1-2H3,(H,35,44)(H,37,43)(H,38,45)/t25-,26-/m0/s1. The molecule has 4 amide bonds. The molecule has 4 heterocycles. The molecular weight excluding hydrogens is 651 g/mol. The van der Waals surface area contributed by atoms with E-state index in [-0.39, 0.29) is 77.9 Å². The van der Waals surface area contributed by atoms with Gasteiger partial charge in [0.25, 0.3) is 17.7 Å². The minimum Gasteiger partial charge on any atom is -0.506 e. The lowest BCUT2D eigenvalue weighted by Crippen LogP contribution is -2.36. The van der Waals surface area contributed by atoms with E-state index in [1.165, 1.54) is 41.0 Å². The van der Waals surface area contributed by atoms with Crippen LogP contribution in [0, 0.1) is 5.92 Å². The number of nitrogens with zero attached hydrogens (tertiary/aromatic N) is 4. The summed E-state index contributed by atoms with van der Waals surface area (Å²) in [6.07, 6.45) is 3.33. The molecule has 3 aromatic heterocycles. The van der Waals surface area contributed by atoms with Crippen LogP contribution in [-0.4, -0.2) is 68.2 Å². The highest BCUT2D eigenvalue weighted by molar-refractivity contribution is 7.10. The van der Waals surface area contributed by atoms with Gasteiger partial charge in [-0.25, -0.2) is 15.0 Å². The summed E-state index contributed by atoms with van der Waals surface area (Å²) in [6.45, 7) is 5.01. The first-order valence-electron chi connectivity index (χ1n) is 15.9. The fourth-order valence-electron chi connectivity index (χ4n) is 5.33. The molecule has 14 heteroatoms. The van der Waals surface area contributed by atoms with Crippen molar-refractivity contribution in [2.24, 2.45) is 5.92 Å². The van der Waals surface area contributed by atoms with Crippen LogP contribution in [-0.2, 0) is 11.2 Å². The molecule has 2 atom stereocenters. The molecule has 4 aromatic rings. The van der Waals surface area contributed by atoms with Crippen molar-refractivity contribution in [1.29, 1.82) is 0 Å². The van der Waals surface area contributed by atoms with Gasteiger partial charge in [-0.05, 0) is 49.3 Å². The van der Waals surface area contributed by atoms with Crippen LogP contribution >= 0.6 is 22.7 Å². The van der Waals surface area contributed by atoms with Gasteiger partial charge in [0.1, 0.15) is 32.8 Å². The van der Waals surface area contributed by atoms with E-state index >= 15 is 0 Å². The van der Waals surface area contributed by atoms with Crippen molar-refractivity contribution in [3.05, 3.63) is 92.1 Å². The van der Waals surface area contributed by atoms with Gasteiger partial charge in [0, 0.05) is 36.8 Å². The second-order valence-corrected chi connectivity index (χ2v) is 13.8. The van der Waals surface area contributed by atoms with E-state index in [0.29, 0.717) is 42.2 Å². The Labute approximate surface area is 287 Å². The van der Waals surface area contributed by atoms with Crippen LogP contribution < -0.4 is 16.0 Å². The Hall–Kier alpha value is -4.69. The molecular formula is C34H39N7O5S2. The summed E-state index contributed by atoms with van der Waals surface area (Å²) in [7, 11) is 0. The molecule has 48 heavy (non-hydrogen) atoms. The number of carbonyl (C=O) groups is 4. The van der Waals surface area contributed by atoms with Crippen molar-refractivity contribution >= 4 is 46.3 Å². The Morgan fingerprint density at radius 1 is 0.917 bits per heavy atom. The summed E-state index contributed by atoms with van der Waals surface area (Å²) >= 11 is 2.61. The third-order valence-electron chi connectivity index (χ3n) is 7.71. The molecule has 12 nitrogen and oxygen atoms in total. The van der Waals surface area contributed by atoms with Gasteiger partial charge in [-0.3, -0.25) is 19.2 Å². The summed E-state index contributed by atoms with van der Waals surface area (Å²) in [4.78, 5) is 68.0. The Morgan fingerprint density at radius 3 is 2.29 bits per heavy atom. The molecule has 0 radical (unpaired) electrons. The first kappa shape index (κ1) is 34.6. The van der Waals surface area contributed by atoms with Crippen LogP contribution in [0.1, 0.15) is 98.7 Å². The second kappa shape index (κ2) is 16.4. The number of aromatic hydroxyl groups is 1. The van der Waals surface area contributed by atoms with Crippen LogP contribution in [0.4, 0.5) is 0 Å². The molecule has 1 aromatic carbocycles. The maximum absolute atomic E-state index is 13.5. The Balaban J connectivity index is 1.41. The van der Waals surface area contributed by atoms with Crippen LogP contribution in [0.2, 0.25) is 0 Å². The molecule has 4 bridgehead atoms. The van der Waals surface area contributed by atoms with E-state index in [0.717, 1.165) is 5.56 Å². The summed E-state index contributed by atoms with van der Waals surface area (Å²) in [5.41, 5.74) is 1.65. The maximum Gasteiger partial charge on any atom is 0.272 e. The summed E-state index contributed by atoms with van der Waals surface area (Å²) in [5, 5.41) is 23.3. The molecule has 0 saturated heterocycles. The van der Waals surface area contributed by atoms with Gasteiger partial charge in [0.15, 0.2) is 0 Å². The van der Waals surface area contributed by atoms with Gasteiger partial charge >= 0.3 is 0 Å². The molecule has 0 unspecified atom stereocenters. The van der Waals surface area contributed by atoms with E-state index in [9.17, 15) is 24.3 Å². The lowest BCUT2D eigenvalue weighted by atomic mass is 10.0. The quantitative estimate of drug-likeness (QED) is 0.235. The number of pyridine rings is 1. The Bertz CT molecular complexity index is 1710. The predicted octanol–water partition coefficient (Wildman–Crippen LogP) is 4.67. The third kappa shape index (κ3) is 9.44. The first-order valence-corrected chi connectivity index (χ1v) is 17.7. The van der Waals surface area contributed by atoms with Crippen molar-refractivity contribution in [3.8, 4) is 5.75 Å². The molecule has 0 fully saturated rings. The van der Waals surface area contributed by atoms with E-state index in [4.69, 9.17) is 0 Å². The zero-order chi connectivity index (χ0) is 34.0. The average Bonchev–Trinajstić information content (AvgIpc) is 3.77. The summed E-state index contributed by atoms with van der Waals surface area (Å²) < 4.78 is 0. The number of hydrogen-bond donors (Lipinski definition) is 4. The maximum atomic E-state index is 13.5. The minimum absolute atomic E-state index is 0.0483. The zero-order valence-electron chi connectivity index (χ0n) is 26.8. The molecule has 0 saturated carbocycles. The number of benzene rings is 1. The fraction of sp³-hybridized carbons (Fsp3) is 0.382. The van der Waals surface area contributed by atoms with Crippen LogP contribution in [0.25, 0.3) is 0 Å². The normalized spacial score (nSPS) is 18.4. The molecule has 5 rings (SSSR count). The van der Waals surface area contributed by atoms with Crippen LogP contribution in [0.5, 0.6) is 5.75 Å². The van der Waals surface area contributed by atoms with Crippen molar-refractivity contribution in [3.63, 3.8) is 0 Å². The number of nitrogens with one attached hydrogen (secondary N) is 3. The van der Waals surface area contributed by atoms with Gasteiger partial charge in [0.2, 0.25) is 5.91 Å². The minimum atomic E-state index is -0.509. The van der Waals surface area contributed by atoms with Crippen molar-refractivity contribution in [2.45, 2.75) is 58.0 Å². The lowest BCUT2D eigenvalue weighted by molar-refractivity contribution is -0.122. The largest absolute Gasteiger partial charge is 0.506 e. The van der Waals surface area contributed by atoms with Crippen molar-refractivity contribution in [2.75, 3.05) is 19.6 Å². The second-order valence-electron chi connectivity index (χ2n) is 12.0. The molecule has 1 aliphatic rings. The number of aromatic nitrogens is 3. The van der Waals surface area contributed by atoms with E-state index in [1.807, 2.05) is 30.3 Å². The van der Waals surface area contributed by atoms with E-state index in [1.54, 1.807) is 15.7 Å². The predicted molar refractivity (Wildman–Crippen MR) is 183 cm³/mol. The van der Waals surface area contributed by atoms with Gasteiger partial charge in [-0.2, -0.15) is 0 Å². The Kier molecular flexibility index (Phi) is 11.9. The highest BCUT2D eigenvalue weighted by atomic mass is 32.1. The number of rotatable bonds is 5. The number of amides is 4. The van der Waals surface area contributed by atoms with E-state index < -0.39 is 6.04 Å². The summed E-state index contributed by atoms with van der Waals surface area (Å²) in [6, 6.07) is 11.7. The van der Waals surface area contributed by atoms with Gasteiger partial charge in [-0.15, -0.1) is 22.7 Å². The molecule has 252 valence electrons. The number of carbonyl (C=O) groups excluding carboxylic acids is 4. The van der Waals surface area contributed by atoms with Crippen molar-refractivity contribution < 1.29 is 24.3 Å². The number of thiazole rings is 2. The third-order valence-corrected chi connectivity index (χ3v) is 9.63. The van der Waals surface area contributed by atoms with E-state index in [2.05, 4.69) is 44.7 Å². The molecule has 0 aliphatic carbocycles. The molecule has 4 N–H and O–H groups in total. The Morgan fingerprint density at radius 2 is 1.60 bits per heavy atom. The van der Waals surface area contributed by atoms with Gasteiger partial charge < -0.3 is 26.0 Å². The fourth-order valence-corrected chi connectivity index (χ4v) is 7.04. The van der Waals surface area contributed by atoms with Crippen LogP contribution in [0.15, 0.2) is 59.4 Å². The first-order chi connectivity index (χ1) is 23.2. The van der Waals surface area contributed by atoms with Crippen molar-refractivity contribution in [1.82, 2.24) is 35.8 Å². The lowest BCUT2D eigenvalue weighted by Gasteiger charge is -2.23. The average molecular weight is 690 g/mol.